The standard InChI is InChI=1S/C17H28N2O/c1-4-5-6-17(20)19-16-9-7-14(8-10-16)12-15(18)11-13(2)3/h7-10,13,15H,4-6,11-12,18H2,1-3H3,(H,19,20). The average Bonchev–Trinajstić information content (AvgIpc) is 2.37. The van der Waals surface area contributed by atoms with Crippen molar-refractivity contribution < 1.29 is 4.79 Å². The number of rotatable bonds is 8. The summed E-state index contributed by atoms with van der Waals surface area (Å²) in [6.45, 7) is 6.46. The van der Waals surface area contributed by atoms with Crippen molar-refractivity contribution in [3.8, 4) is 0 Å². The van der Waals surface area contributed by atoms with E-state index in [9.17, 15) is 4.79 Å². The summed E-state index contributed by atoms with van der Waals surface area (Å²) >= 11 is 0. The molecule has 0 bridgehead atoms. The summed E-state index contributed by atoms with van der Waals surface area (Å²) in [6, 6.07) is 8.23. The van der Waals surface area contributed by atoms with Crippen molar-refractivity contribution in [2.75, 3.05) is 5.32 Å². The van der Waals surface area contributed by atoms with Crippen LogP contribution in [0.4, 0.5) is 5.69 Å². The highest BCUT2D eigenvalue weighted by Gasteiger charge is 2.07. The molecule has 3 heteroatoms. The van der Waals surface area contributed by atoms with Crippen molar-refractivity contribution in [1.29, 1.82) is 0 Å². The van der Waals surface area contributed by atoms with Gasteiger partial charge in [-0.25, -0.2) is 0 Å². The van der Waals surface area contributed by atoms with Gasteiger partial charge in [-0.15, -0.1) is 0 Å². The first-order chi connectivity index (χ1) is 9.51. The van der Waals surface area contributed by atoms with Gasteiger partial charge in [-0.3, -0.25) is 4.79 Å². The highest BCUT2D eigenvalue weighted by molar-refractivity contribution is 5.90. The zero-order valence-electron chi connectivity index (χ0n) is 13.0. The molecule has 1 aromatic rings. The topological polar surface area (TPSA) is 55.1 Å². The summed E-state index contributed by atoms with van der Waals surface area (Å²) in [6.07, 6.45) is 4.50. The summed E-state index contributed by atoms with van der Waals surface area (Å²) < 4.78 is 0. The molecule has 1 unspecified atom stereocenters. The van der Waals surface area contributed by atoms with Crippen LogP contribution in [0, 0.1) is 5.92 Å². The van der Waals surface area contributed by atoms with Crippen molar-refractivity contribution in [2.45, 2.75) is 58.9 Å². The highest BCUT2D eigenvalue weighted by atomic mass is 16.1. The van der Waals surface area contributed by atoms with Crippen molar-refractivity contribution >= 4 is 11.6 Å². The van der Waals surface area contributed by atoms with Crippen LogP contribution in [0.2, 0.25) is 0 Å². The van der Waals surface area contributed by atoms with Gasteiger partial charge in [-0.1, -0.05) is 39.3 Å². The Morgan fingerprint density at radius 3 is 2.45 bits per heavy atom. The van der Waals surface area contributed by atoms with Crippen LogP contribution in [-0.4, -0.2) is 11.9 Å². The van der Waals surface area contributed by atoms with E-state index in [4.69, 9.17) is 5.73 Å². The Labute approximate surface area is 122 Å². The van der Waals surface area contributed by atoms with Gasteiger partial charge in [-0.2, -0.15) is 0 Å². The molecule has 0 saturated carbocycles. The molecule has 0 fully saturated rings. The van der Waals surface area contributed by atoms with Crippen LogP contribution >= 0.6 is 0 Å². The summed E-state index contributed by atoms with van der Waals surface area (Å²) in [5, 5.41) is 2.92. The lowest BCUT2D eigenvalue weighted by atomic mass is 9.98. The lowest BCUT2D eigenvalue weighted by molar-refractivity contribution is -0.116. The molecular weight excluding hydrogens is 248 g/mol. The Morgan fingerprint density at radius 1 is 1.25 bits per heavy atom. The Balaban J connectivity index is 2.45. The zero-order chi connectivity index (χ0) is 15.0. The van der Waals surface area contributed by atoms with Crippen LogP contribution < -0.4 is 11.1 Å². The molecule has 1 amide bonds. The third-order valence-electron chi connectivity index (χ3n) is 3.27. The maximum Gasteiger partial charge on any atom is 0.224 e. The number of hydrogen-bond acceptors (Lipinski definition) is 2. The van der Waals surface area contributed by atoms with Gasteiger partial charge in [0.1, 0.15) is 0 Å². The Bertz CT molecular complexity index is 398. The molecule has 0 aliphatic rings. The van der Waals surface area contributed by atoms with E-state index in [1.165, 1.54) is 5.56 Å². The largest absolute Gasteiger partial charge is 0.327 e. The lowest BCUT2D eigenvalue weighted by Gasteiger charge is -2.14. The molecule has 20 heavy (non-hydrogen) atoms. The molecule has 3 N–H and O–H groups in total. The number of nitrogens with one attached hydrogen (secondary N) is 1. The van der Waals surface area contributed by atoms with E-state index in [1.807, 2.05) is 12.1 Å². The molecule has 0 spiro atoms. The number of anilines is 1. The predicted molar refractivity (Wildman–Crippen MR) is 85.7 cm³/mol. The van der Waals surface area contributed by atoms with Crippen molar-refractivity contribution in [2.24, 2.45) is 11.7 Å². The number of carbonyl (C=O) groups excluding carboxylic acids is 1. The van der Waals surface area contributed by atoms with Gasteiger partial charge in [0.15, 0.2) is 0 Å². The predicted octanol–water partition coefficient (Wildman–Crippen LogP) is 3.73. The molecule has 0 aliphatic carbocycles. The van der Waals surface area contributed by atoms with Crippen LogP contribution in [0.1, 0.15) is 52.0 Å². The van der Waals surface area contributed by atoms with Gasteiger partial charge in [0.05, 0.1) is 0 Å². The van der Waals surface area contributed by atoms with Gasteiger partial charge in [0, 0.05) is 18.2 Å². The SMILES string of the molecule is CCCCC(=O)Nc1ccc(CC(N)CC(C)C)cc1. The fourth-order valence-electron chi connectivity index (χ4n) is 2.28. The number of amides is 1. The Kier molecular flexibility index (Phi) is 7.31. The monoisotopic (exact) mass is 276 g/mol. The molecule has 0 saturated heterocycles. The minimum Gasteiger partial charge on any atom is -0.327 e. The smallest absolute Gasteiger partial charge is 0.224 e. The highest BCUT2D eigenvalue weighted by Crippen LogP contribution is 2.14. The number of benzene rings is 1. The quantitative estimate of drug-likeness (QED) is 0.760. The van der Waals surface area contributed by atoms with Crippen LogP contribution in [0.25, 0.3) is 0 Å². The normalized spacial score (nSPS) is 12.4. The van der Waals surface area contributed by atoms with E-state index in [0.29, 0.717) is 12.3 Å². The zero-order valence-corrected chi connectivity index (χ0v) is 13.0. The molecule has 3 nitrogen and oxygen atoms in total. The van der Waals surface area contributed by atoms with E-state index in [0.717, 1.165) is 31.4 Å². The first-order valence-electron chi connectivity index (χ1n) is 7.65. The van der Waals surface area contributed by atoms with E-state index in [2.05, 4.69) is 38.2 Å². The van der Waals surface area contributed by atoms with Gasteiger partial charge >= 0.3 is 0 Å². The first kappa shape index (κ1) is 16.7. The average molecular weight is 276 g/mol. The third kappa shape index (κ3) is 6.71. The molecule has 0 aliphatic heterocycles. The summed E-state index contributed by atoms with van der Waals surface area (Å²) in [7, 11) is 0. The Hall–Kier alpha value is -1.35. The number of carbonyl (C=O) groups is 1. The van der Waals surface area contributed by atoms with E-state index < -0.39 is 0 Å². The summed E-state index contributed by atoms with van der Waals surface area (Å²) in [5.74, 6) is 0.721. The van der Waals surface area contributed by atoms with Crippen LogP contribution in [0.15, 0.2) is 24.3 Å². The molecule has 0 aromatic heterocycles. The molecule has 1 atom stereocenters. The van der Waals surface area contributed by atoms with Crippen LogP contribution in [0.5, 0.6) is 0 Å². The molecule has 1 aromatic carbocycles. The maximum atomic E-state index is 11.6. The summed E-state index contributed by atoms with van der Waals surface area (Å²) in [4.78, 5) is 11.6. The number of hydrogen-bond donors (Lipinski definition) is 2. The van der Waals surface area contributed by atoms with E-state index in [-0.39, 0.29) is 11.9 Å². The van der Waals surface area contributed by atoms with Crippen LogP contribution in [-0.2, 0) is 11.2 Å². The van der Waals surface area contributed by atoms with E-state index in [1.54, 1.807) is 0 Å². The third-order valence-corrected chi connectivity index (χ3v) is 3.27. The summed E-state index contributed by atoms with van der Waals surface area (Å²) in [5.41, 5.74) is 8.20. The van der Waals surface area contributed by atoms with Crippen molar-refractivity contribution in [3.05, 3.63) is 29.8 Å². The van der Waals surface area contributed by atoms with Gasteiger partial charge in [0.25, 0.3) is 0 Å². The Morgan fingerprint density at radius 2 is 1.90 bits per heavy atom. The van der Waals surface area contributed by atoms with Gasteiger partial charge < -0.3 is 11.1 Å². The molecule has 0 radical (unpaired) electrons. The molecule has 1 rings (SSSR count). The minimum atomic E-state index is 0.0936. The molecule has 0 heterocycles. The van der Waals surface area contributed by atoms with Crippen LogP contribution in [0.3, 0.4) is 0 Å². The number of unbranched alkanes of at least 4 members (excludes halogenated alkanes) is 1. The fourth-order valence-corrected chi connectivity index (χ4v) is 2.28. The molecule has 112 valence electrons. The fraction of sp³-hybridized carbons (Fsp3) is 0.588. The van der Waals surface area contributed by atoms with Crippen molar-refractivity contribution in [3.63, 3.8) is 0 Å². The first-order valence-corrected chi connectivity index (χ1v) is 7.65. The second-order valence-corrected chi connectivity index (χ2v) is 5.94. The lowest BCUT2D eigenvalue weighted by Crippen LogP contribution is -2.24. The minimum absolute atomic E-state index is 0.0936. The van der Waals surface area contributed by atoms with Gasteiger partial charge in [0.2, 0.25) is 5.91 Å². The number of nitrogens with two attached hydrogens (primary N) is 1. The van der Waals surface area contributed by atoms with Gasteiger partial charge in [-0.05, 0) is 42.9 Å². The van der Waals surface area contributed by atoms with Crippen molar-refractivity contribution in [1.82, 2.24) is 0 Å². The molecular formula is C17H28N2O. The van der Waals surface area contributed by atoms with E-state index >= 15 is 0 Å². The second-order valence-electron chi connectivity index (χ2n) is 5.94. The maximum absolute atomic E-state index is 11.6. The second kappa shape index (κ2) is 8.75.